The third-order valence-corrected chi connectivity index (χ3v) is 3.31. The first-order chi connectivity index (χ1) is 11.2. The summed E-state index contributed by atoms with van der Waals surface area (Å²) in [5.74, 6) is -0.918. The number of carbonyl (C=O) groups is 3. The Bertz CT molecular complexity index is 589. The SMILES string of the molecule is CC(C)NC(=O)NC(=O)[C@H](C)OC(=O)[C@@H](C)Oc1ccc(Br)cc1. The van der Waals surface area contributed by atoms with Crippen LogP contribution in [0.25, 0.3) is 0 Å². The van der Waals surface area contributed by atoms with Crippen LogP contribution in [-0.2, 0) is 14.3 Å². The Morgan fingerprint density at radius 1 is 1.00 bits per heavy atom. The van der Waals surface area contributed by atoms with Crippen LogP contribution in [0.5, 0.6) is 5.75 Å². The minimum atomic E-state index is -1.12. The van der Waals surface area contributed by atoms with E-state index in [1.165, 1.54) is 13.8 Å². The van der Waals surface area contributed by atoms with Crippen LogP contribution in [0.4, 0.5) is 4.79 Å². The molecular formula is C16H21BrN2O5. The van der Waals surface area contributed by atoms with Gasteiger partial charge in [-0.1, -0.05) is 15.9 Å². The molecule has 132 valence electrons. The van der Waals surface area contributed by atoms with E-state index in [0.29, 0.717) is 5.75 Å². The number of rotatable bonds is 6. The Balaban J connectivity index is 2.48. The molecule has 0 unspecified atom stereocenters. The molecule has 8 heteroatoms. The van der Waals surface area contributed by atoms with Crippen LogP contribution in [0.1, 0.15) is 27.7 Å². The molecule has 2 atom stereocenters. The van der Waals surface area contributed by atoms with Crippen molar-refractivity contribution in [2.24, 2.45) is 0 Å². The Hall–Kier alpha value is -2.09. The van der Waals surface area contributed by atoms with Crippen LogP contribution in [0.15, 0.2) is 28.7 Å². The summed E-state index contributed by atoms with van der Waals surface area (Å²) in [5, 5.41) is 4.60. The van der Waals surface area contributed by atoms with Gasteiger partial charge >= 0.3 is 12.0 Å². The number of esters is 1. The summed E-state index contributed by atoms with van der Waals surface area (Å²) in [6, 6.07) is 6.18. The van der Waals surface area contributed by atoms with Crippen molar-refractivity contribution in [3.8, 4) is 5.75 Å². The van der Waals surface area contributed by atoms with Gasteiger partial charge in [0.15, 0.2) is 12.2 Å². The number of nitrogens with one attached hydrogen (secondary N) is 2. The summed E-state index contributed by atoms with van der Waals surface area (Å²) < 4.78 is 11.3. The molecular weight excluding hydrogens is 380 g/mol. The molecule has 1 aromatic rings. The van der Waals surface area contributed by atoms with Gasteiger partial charge in [-0.05, 0) is 52.0 Å². The molecule has 0 radical (unpaired) electrons. The van der Waals surface area contributed by atoms with Crippen molar-refractivity contribution in [3.63, 3.8) is 0 Å². The standard InChI is InChI=1S/C16H21BrN2O5/c1-9(2)18-16(22)19-14(20)10(3)24-15(21)11(4)23-13-7-5-12(17)6-8-13/h5-11H,1-4H3,(H2,18,19,20,22)/t10-,11+/m0/s1. The largest absolute Gasteiger partial charge is 0.479 e. The maximum Gasteiger partial charge on any atom is 0.347 e. The third-order valence-electron chi connectivity index (χ3n) is 2.78. The van der Waals surface area contributed by atoms with E-state index in [-0.39, 0.29) is 6.04 Å². The molecule has 24 heavy (non-hydrogen) atoms. The second-order valence-corrected chi connectivity index (χ2v) is 6.33. The fraction of sp³-hybridized carbons (Fsp3) is 0.438. The van der Waals surface area contributed by atoms with E-state index in [1.54, 1.807) is 38.1 Å². The van der Waals surface area contributed by atoms with E-state index in [4.69, 9.17) is 9.47 Å². The fourth-order valence-corrected chi connectivity index (χ4v) is 1.87. The van der Waals surface area contributed by atoms with Gasteiger partial charge < -0.3 is 14.8 Å². The highest BCUT2D eigenvalue weighted by Gasteiger charge is 2.24. The van der Waals surface area contributed by atoms with Crippen LogP contribution in [0.3, 0.4) is 0 Å². The van der Waals surface area contributed by atoms with E-state index < -0.39 is 30.1 Å². The minimum Gasteiger partial charge on any atom is -0.479 e. The van der Waals surface area contributed by atoms with Gasteiger partial charge in [-0.25, -0.2) is 9.59 Å². The van der Waals surface area contributed by atoms with E-state index in [2.05, 4.69) is 26.6 Å². The zero-order valence-electron chi connectivity index (χ0n) is 14.0. The monoisotopic (exact) mass is 400 g/mol. The Morgan fingerprint density at radius 2 is 1.58 bits per heavy atom. The lowest BCUT2D eigenvalue weighted by Gasteiger charge is -2.18. The molecule has 0 aliphatic rings. The molecule has 0 spiro atoms. The second kappa shape index (κ2) is 9.27. The highest BCUT2D eigenvalue weighted by molar-refractivity contribution is 9.10. The van der Waals surface area contributed by atoms with Gasteiger partial charge in [0.25, 0.3) is 5.91 Å². The van der Waals surface area contributed by atoms with E-state index in [9.17, 15) is 14.4 Å². The molecule has 3 amide bonds. The molecule has 0 aromatic heterocycles. The molecule has 2 N–H and O–H groups in total. The first-order valence-electron chi connectivity index (χ1n) is 7.43. The predicted octanol–water partition coefficient (Wildman–Crippen LogP) is 2.38. The highest BCUT2D eigenvalue weighted by Crippen LogP contribution is 2.17. The molecule has 0 aliphatic heterocycles. The maximum absolute atomic E-state index is 12.0. The first kappa shape index (κ1) is 20.0. The molecule has 1 aromatic carbocycles. The van der Waals surface area contributed by atoms with Gasteiger partial charge in [-0.15, -0.1) is 0 Å². The van der Waals surface area contributed by atoms with Crippen LogP contribution in [0, 0.1) is 0 Å². The first-order valence-corrected chi connectivity index (χ1v) is 8.22. The quantitative estimate of drug-likeness (QED) is 0.714. The zero-order chi connectivity index (χ0) is 18.3. The van der Waals surface area contributed by atoms with Gasteiger partial charge in [-0.3, -0.25) is 10.1 Å². The van der Waals surface area contributed by atoms with E-state index >= 15 is 0 Å². The number of hydrogen-bond donors (Lipinski definition) is 2. The average Bonchev–Trinajstić information content (AvgIpc) is 2.48. The summed E-state index contributed by atoms with van der Waals surface area (Å²) in [6.45, 7) is 6.41. The lowest BCUT2D eigenvalue weighted by Crippen LogP contribution is -2.47. The maximum atomic E-state index is 12.0. The second-order valence-electron chi connectivity index (χ2n) is 5.41. The smallest absolute Gasteiger partial charge is 0.347 e. The topological polar surface area (TPSA) is 93.7 Å². The summed E-state index contributed by atoms with van der Waals surface area (Å²) in [6.07, 6.45) is -2.02. The number of hydrogen-bond acceptors (Lipinski definition) is 5. The number of ether oxygens (including phenoxy) is 2. The summed E-state index contributed by atoms with van der Waals surface area (Å²) in [7, 11) is 0. The number of imide groups is 1. The van der Waals surface area contributed by atoms with Crippen molar-refractivity contribution < 1.29 is 23.9 Å². The minimum absolute atomic E-state index is 0.116. The van der Waals surface area contributed by atoms with Crippen LogP contribution < -0.4 is 15.4 Å². The molecule has 0 fully saturated rings. The predicted molar refractivity (Wildman–Crippen MR) is 91.6 cm³/mol. The van der Waals surface area contributed by atoms with Crippen molar-refractivity contribution >= 4 is 33.8 Å². The van der Waals surface area contributed by atoms with Crippen molar-refractivity contribution in [2.75, 3.05) is 0 Å². The number of carbonyl (C=O) groups excluding carboxylic acids is 3. The Labute approximate surface area is 149 Å². The molecule has 7 nitrogen and oxygen atoms in total. The fourth-order valence-electron chi connectivity index (χ4n) is 1.60. The normalized spacial score (nSPS) is 12.9. The van der Waals surface area contributed by atoms with Crippen molar-refractivity contribution in [3.05, 3.63) is 28.7 Å². The molecule has 0 aliphatic carbocycles. The number of halogens is 1. The van der Waals surface area contributed by atoms with Crippen molar-refractivity contribution in [2.45, 2.75) is 45.9 Å². The van der Waals surface area contributed by atoms with E-state index in [1.807, 2.05) is 0 Å². The van der Waals surface area contributed by atoms with Gasteiger partial charge in [0.2, 0.25) is 0 Å². The third kappa shape index (κ3) is 6.99. The Kier molecular flexibility index (Phi) is 7.70. The van der Waals surface area contributed by atoms with Gasteiger partial charge in [-0.2, -0.15) is 0 Å². The number of amides is 3. The Morgan fingerprint density at radius 3 is 2.12 bits per heavy atom. The van der Waals surface area contributed by atoms with Crippen LogP contribution in [0.2, 0.25) is 0 Å². The van der Waals surface area contributed by atoms with E-state index in [0.717, 1.165) is 4.47 Å². The molecule has 0 saturated carbocycles. The molecule has 0 saturated heterocycles. The van der Waals surface area contributed by atoms with Crippen LogP contribution in [-0.4, -0.2) is 36.2 Å². The molecule has 1 rings (SSSR count). The highest BCUT2D eigenvalue weighted by atomic mass is 79.9. The van der Waals surface area contributed by atoms with Gasteiger partial charge in [0.1, 0.15) is 5.75 Å². The summed E-state index contributed by atoms with van der Waals surface area (Å²) >= 11 is 3.30. The average molecular weight is 401 g/mol. The van der Waals surface area contributed by atoms with Crippen molar-refractivity contribution in [1.29, 1.82) is 0 Å². The molecule has 0 bridgehead atoms. The molecule has 0 heterocycles. The number of benzene rings is 1. The summed E-state index contributed by atoms with van der Waals surface area (Å²) in [4.78, 5) is 35.2. The lowest BCUT2D eigenvalue weighted by molar-refractivity contribution is -0.160. The number of urea groups is 1. The van der Waals surface area contributed by atoms with Gasteiger partial charge in [0, 0.05) is 10.5 Å². The van der Waals surface area contributed by atoms with Crippen LogP contribution >= 0.6 is 15.9 Å². The van der Waals surface area contributed by atoms with Gasteiger partial charge in [0.05, 0.1) is 0 Å². The lowest BCUT2D eigenvalue weighted by atomic mass is 10.3. The zero-order valence-corrected chi connectivity index (χ0v) is 15.5. The summed E-state index contributed by atoms with van der Waals surface area (Å²) in [5.41, 5.74) is 0. The van der Waals surface area contributed by atoms with Crippen molar-refractivity contribution in [1.82, 2.24) is 10.6 Å².